The third-order valence-electron chi connectivity index (χ3n) is 3.61. The molecule has 1 amide bonds. The Balaban J connectivity index is 1.95. The highest BCUT2D eigenvalue weighted by molar-refractivity contribution is 8.01. The fourth-order valence-corrected chi connectivity index (χ4v) is 3.66. The van der Waals surface area contributed by atoms with Crippen LogP contribution in [0.3, 0.4) is 0 Å². The molecular weight excluding hydrogens is 374 g/mol. The predicted molar refractivity (Wildman–Crippen MR) is 102 cm³/mol. The molecule has 0 aliphatic heterocycles. The van der Waals surface area contributed by atoms with Crippen molar-refractivity contribution >= 4 is 40.1 Å². The van der Waals surface area contributed by atoms with Gasteiger partial charge in [0.05, 0.1) is 12.9 Å². The van der Waals surface area contributed by atoms with E-state index in [4.69, 9.17) is 4.74 Å². The van der Waals surface area contributed by atoms with Gasteiger partial charge in [-0.1, -0.05) is 29.2 Å². The average Bonchev–Trinajstić information content (AvgIpc) is 3.04. The van der Waals surface area contributed by atoms with E-state index in [2.05, 4.69) is 26.3 Å². The van der Waals surface area contributed by atoms with Crippen molar-refractivity contribution in [2.45, 2.75) is 38.1 Å². The Morgan fingerprint density at radius 2 is 2.00 bits per heavy atom. The highest BCUT2D eigenvalue weighted by Crippen LogP contribution is 2.27. The van der Waals surface area contributed by atoms with Crippen LogP contribution >= 0.6 is 23.1 Å². The molecule has 1 aromatic heterocycles. The number of aryl methyl sites for hydroxylation is 2. The van der Waals surface area contributed by atoms with E-state index in [0.717, 1.165) is 16.7 Å². The summed E-state index contributed by atoms with van der Waals surface area (Å²) in [6, 6.07) is 3.99. The van der Waals surface area contributed by atoms with Gasteiger partial charge in [-0.25, -0.2) is 0 Å². The summed E-state index contributed by atoms with van der Waals surface area (Å²) in [5.74, 6) is 0.174. The zero-order valence-electron chi connectivity index (χ0n) is 15.3. The Morgan fingerprint density at radius 1 is 1.27 bits per heavy atom. The molecule has 0 bridgehead atoms. The van der Waals surface area contributed by atoms with Crippen LogP contribution in [0.5, 0.6) is 5.75 Å². The van der Waals surface area contributed by atoms with Crippen molar-refractivity contribution < 1.29 is 19.1 Å². The van der Waals surface area contributed by atoms with Crippen molar-refractivity contribution in [2.75, 3.05) is 18.2 Å². The number of carbonyl (C=O) groups excluding carboxylic acids is 2. The number of thioether (sulfide) groups is 1. The summed E-state index contributed by atoms with van der Waals surface area (Å²) in [6.07, 6.45) is -0.690. The number of carbonyl (C=O) groups is 2. The van der Waals surface area contributed by atoms with E-state index in [0.29, 0.717) is 15.2 Å². The van der Waals surface area contributed by atoms with Gasteiger partial charge in [-0.05, 0) is 50.5 Å². The molecule has 1 N–H and O–H groups in total. The molecule has 0 saturated heterocycles. The molecule has 2 rings (SSSR count). The molecule has 26 heavy (non-hydrogen) atoms. The molecule has 0 unspecified atom stereocenters. The van der Waals surface area contributed by atoms with Crippen LogP contribution in [-0.4, -0.2) is 41.0 Å². The van der Waals surface area contributed by atoms with Crippen molar-refractivity contribution in [2.24, 2.45) is 0 Å². The van der Waals surface area contributed by atoms with E-state index < -0.39 is 6.10 Å². The first-order valence-electron chi connectivity index (χ1n) is 7.88. The van der Waals surface area contributed by atoms with E-state index in [9.17, 15) is 9.59 Å². The topological polar surface area (TPSA) is 90.4 Å². The number of benzene rings is 1. The number of nitrogens with zero attached hydrogens (tertiary/aromatic N) is 2. The Bertz CT molecular complexity index is 807. The highest BCUT2D eigenvalue weighted by Gasteiger charge is 2.19. The monoisotopic (exact) mass is 395 g/mol. The number of hydrogen-bond donors (Lipinski definition) is 1. The molecule has 140 valence electrons. The molecule has 0 aliphatic carbocycles. The lowest BCUT2D eigenvalue weighted by Crippen LogP contribution is -2.30. The lowest BCUT2D eigenvalue weighted by Gasteiger charge is -2.17. The third kappa shape index (κ3) is 5.43. The first kappa shape index (κ1) is 20.2. The highest BCUT2D eigenvalue weighted by atomic mass is 32.2. The van der Waals surface area contributed by atoms with Gasteiger partial charge >= 0.3 is 5.97 Å². The minimum atomic E-state index is -0.690. The average molecular weight is 396 g/mol. The van der Waals surface area contributed by atoms with Gasteiger partial charge in [0.15, 0.2) is 10.4 Å². The van der Waals surface area contributed by atoms with Crippen molar-refractivity contribution in [1.29, 1.82) is 0 Å². The van der Waals surface area contributed by atoms with Crippen molar-refractivity contribution in [3.63, 3.8) is 0 Å². The second-order valence-electron chi connectivity index (χ2n) is 5.69. The van der Waals surface area contributed by atoms with Crippen LogP contribution in [0.2, 0.25) is 0 Å². The standard InChI is InChI=1S/C17H21N3O4S2/c1-9-6-10(2)11(3)13(7-9)24-12(4)15(22)18-16-19-20-17(26-16)25-8-14(21)23-5/h6-7,12H,8H2,1-5H3,(H,18,19,22)/t12-/m1/s1. The SMILES string of the molecule is COC(=O)CSc1nnc(NC(=O)[C@@H](C)Oc2cc(C)cc(C)c2C)s1. The number of nitrogens with one attached hydrogen (secondary N) is 1. The van der Waals surface area contributed by atoms with Crippen molar-refractivity contribution in [3.8, 4) is 5.75 Å². The molecule has 1 aromatic carbocycles. The Morgan fingerprint density at radius 3 is 2.69 bits per heavy atom. The fraction of sp³-hybridized carbons (Fsp3) is 0.412. The predicted octanol–water partition coefficient (Wildman–Crippen LogP) is 3.13. The maximum atomic E-state index is 12.3. The third-order valence-corrected chi connectivity index (χ3v) is 5.56. The van der Waals surface area contributed by atoms with Gasteiger partial charge in [0.2, 0.25) is 5.13 Å². The number of aromatic nitrogens is 2. The minimum absolute atomic E-state index is 0.143. The zero-order chi connectivity index (χ0) is 19.3. The molecule has 2 aromatic rings. The number of hydrogen-bond acceptors (Lipinski definition) is 8. The summed E-state index contributed by atoms with van der Waals surface area (Å²) in [7, 11) is 1.33. The van der Waals surface area contributed by atoms with Crippen LogP contribution in [0.25, 0.3) is 0 Å². The summed E-state index contributed by atoms with van der Waals surface area (Å²) in [4.78, 5) is 23.5. The molecule has 9 heteroatoms. The summed E-state index contributed by atoms with van der Waals surface area (Å²) in [5, 5.41) is 10.9. The fourth-order valence-electron chi connectivity index (χ4n) is 2.07. The normalized spacial score (nSPS) is 11.7. The van der Waals surface area contributed by atoms with E-state index in [1.54, 1.807) is 6.92 Å². The number of ether oxygens (including phenoxy) is 2. The van der Waals surface area contributed by atoms with Crippen LogP contribution in [0.15, 0.2) is 16.5 Å². The second-order valence-corrected chi connectivity index (χ2v) is 7.89. The molecule has 0 spiro atoms. The van der Waals surface area contributed by atoms with Crippen LogP contribution < -0.4 is 10.1 Å². The Hall–Kier alpha value is -2.13. The van der Waals surface area contributed by atoms with Crippen LogP contribution in [-0.2, 0) is 14.3 Å². The van der Waals surface area contributed by atoms with Gasteiger partial charge in [-0.15, -0.1) is 10.2 Å². The van der Waals surface area contributed by atoms with Gasteiger partial charge in [0.1, 0.15) is 5.75 Å². The Labute approximate surface area is 160 Å². The van der Waals surface area contributed by atoms with E-state index in [1.165, 1.54) is 30.2 Å². The number of rotatable bonds is 7. The smallest absolute Gasteiger partial charge is 0.316 e. The second kappa shape index (κ2) is 9.00. The number of anilines is 1. The number of esters is 1. The molecule has 0 radical (unpaired) electrons. The van der Waals surface area contributed by atoms with E-state index in [-0.39, 0.29) is 17.6 Å². The first-order valence-corrected chi connectivity index (χ1v) is 9.69. The largest absolute Gasteiger partial charge is 0.481 e. The summed E-state index contributed by atoms with van der Waals surface area (Å²) >= 11 is 2.40. The van der Waals surface area contributed by atoms with Gasteiger partial charge in [-0.2, -0.15) is 0 Å². The molecule has 7 nitrogen and oxygen atoms in total. The summed E-state index contributed by atoms with van der Waals surface area (Å²) < 4.78 is 11.0. The summed E-state index contributed by atoms with van der Waals surface area (Å²) in [5.41, 5.74) is 3.20. The van der Waals surface area contributed by atoms with Crippen molar-refractivity contribution in [3.05, 3.63) is 28.8 Å². The summed E-state index contributed by atoms with van der Waals surface area (Å²) in [6.45, 7) is 7.64. The molecule has 1 atom stereocenters. The maximum absolute atomic E-state index is 12.3. The zero-order valence-corrected chi connectivity index (χ0v) is 16.9. The molecular formula is C17H21N3O4S2. The molecule has 0 saturated carbocycles. The lowest BCUT2D eigenvalue weighted by atomic mass is 10.1. The van der Waals surface area contributed by atoms with Gasteiger partial charge in [0, 0.05) is 0 Å². The van der Waals surface area contributed by atoms with Crippen LogP contribution in [0.1, 0.15) is 23.6 Å². The quantitative estimate of drug-likeness (QED) is 0.437. The number of amides is 1. The Kier molecular flexibility index (Phi) is 6.98. The minimum Gasteiger partial charge on any atom is -0.481 e. The van der Waals surface area contributed by atoms with Gasteiger partial charge in [0.25, 0.3) is 5.91 Å². The lowest BCUT2D eigenvalue weighted by molar-refractivity contribution is -0.137. The molecule has 0 fully saturated rings. The molecule has 0 aliphatic rings. The maximum Gasteiger partial charge on any atom is 0.316 e. The van der Waals surface area contributed by atoms with E-state index >= 15 is 0 Å². The number of methoxy groups -OCH3 is 1. The van der Waals surface area contributed by atoms with Crippen LogP contribution in [0, 0.1) is 20.8 Å². The first-order chi connectivity index (χ1) is 12.3. The van der Waals surface area contributed by atoms with Gasteiger partial charge in [-0.3, -0.25) is 14.9 Å². The van der Waals surface area contributed by atoms with E-state index in [1.807, 2.05) is 26.8 Å². The van der Waals surface area contributed by atoms with Gasteiger partial charge < -0.3 is 9.47 Å². The van der Waals surface area contributed by atoms with Crippen LogP contribution in [0.4, 0.5) is 5.13 Å². The molecule has 1 heterocycles. The van der Waals surface area contributed by atoms with Crippen molar-refractivity contribution in [1.82, 2.24) is 10.2 Å².